The van der Waals surface area contributed by atoms with Gasteiger partial charge in [0.1, 0.15) is 16.7 Å². The molecule has 0 aliphatic carbocycles. The van der Waals surface area contributed by atoms with E-state index in [1.807, 2.05) is 12.4 Å². The summed E-state index contributed by atoms with van der Waals surface area (Å²) in [4.78, 5) is 23.0. The van der Waals surface area contributed by atoms with Gasteiger partial charge in [-0.25, -0.2) is 9.97 Å². The molecule has 1 aliphatic heterocycles. The number of likely N-dealkylation sites (tertiary alicyclic amines) is 1. The van der Waals surface area contributed by atoms with Crippen molar-refractivity contribution in [3.05, 3.63) is 23.4 Å². The van der Waals surface area contributed by atoms with E-state index in [1.54, 1.807) is 0 Å². The van der Waals surface area contributed by atoms with E-state index >= 15 is 0 Å². The molecular weight excluding hydrogens is 330 g/mol. The number of H-pyrrole nitrogens is 1. The summed E-state index contributed by atoms with van der Waals surface area (Å²) in [7, 11) is 2.15. The number of aryl methyl sites for hydroxylation is 1. The molecule has 1 aliphatic rings. The molecule has 1 fully saturated rings. The first-order valence-corrected chi connectivity index (χ1v) is 8.52. The number of nitrogens with one attached hydrogen (secondary N) is 1. The Bertz CT molecular complexity index is 655. The van der Waals surface area contributed by atoms with Gasteiger partial charge in [0.05, 0.1) is 0 Å². The summed E-state index contributed by atoms with van der Waals surface area (Å²) in [5.41, 5.74) is 0.780. The number of carboxylic acid groups (broad SMARTS) is 1. The number of nitrogens with zero attached hydrogens (tertiary/aromatic N) is 4. The highest BCUT2D eigenvalue weighted by Crippen LogP contribution is 2.29. The van der Waals surface area contributed by atoms with Crippen LogP contribution in [0.4, 0.5) is 0 Å². The van der Waals surface area contributed by atoms with Gasteiger partial charge >= 0.3 is 0 Å². The lowest BCUT2D eigenvalue weighted by atomic mass is 10.2. The number of carbonyl (C=O) groups is 1. The molecule has 0 bridgehead atoms. The Morgan fingerprint density at radius 1 is 1.54 bits per heavy atom. The van der Waals surface area contributed by atoms with Gasteiger partial charge in [0, 0.05) is 31.4 Å². The van der Waals surface area contributed by atoms with Crippen LogP contribution in [0.1, 0.15) is 38.1 Å². The fourth-order valence-electron chi connectivity index (χ4n) is 2.94. The molecule has 8 heteroatoms. The first-order valence-electron chi connectivity index (χ1n) is 8.14. The van der Waals surface area contributed by atoms with Crippen molar-refractivity contribution in [1.29, 1.82) is 0 Å². The topological polar surface area (TPSA) is 87.0 Å². The van der Waals surface area contributed by atoms with Crippen LogP contribution >= 0.6 is 11.6 Å². The fraction of sp³-hybridized carbons (Fsp3) is 0.562. The molecule has 2 aromatic rings. The predicted molar refractivity (Wildman–Crippen MR) is 93.3 cm³/mol. The summed E-state index contributed by atoms with van der Waals surface area (Å²) >= 11 is 6.34. The SMILES string of the molecule is CCCCc1nc(-c2nccn2C2CCN(C)C2)c(Cl)[nH]1.O=CO. The van der Waals surface area contributed by atoms with Crippen LogP contribution < -0.4 is 0 Å². The Balaban J connectivity index is 0.000000647. The molecule has 1 atom stereocenters. The fourth-order valence-corrected chi connectivity index (χ4v) is 3.17. The van der Waals surface area contributed by atoms with Gasteiger partial charge in [0.15, 0.2) is 5.82 Å². The lowest BCUT2D eigenvalue weighted by Crippen LogP contribution is -2.16. The smallest absolute Gasteiger partial charge is 0.290 e. The van der Waals surface area contributed by atoms with Crippen molar-refractivity contribution in [3.63, 3.8) is 0 Å². The third-order valence-corrected chi connectivity index (χ3v) is 4.39. The van der Waals surface area contributed by atoms with Gasteiger partial charge in [0.2, 0.25) is 0 Å². The molecule has 0 aromatic carbocycles. The Labute approximate surface area is 146 Å². The van der Waals surface area contributed by atoms with Crippen LogP contribution in [-0.2, 0) is 11.2 Å². The van der Waals surface area contributed by atoms with Crippen molar-refractivity contribution in [1.82, 2.24) is 24.4 Å². The molecule has 7 nitrogen and oxygen atoms in total. The van der Waals surface area contributed by atoms with E-state index in [4.69, 9.17) is 21.5 Å². The highest BCUT2D eigenvalue weighted by molar-refractivity contribution is 6.31. The summed E-state index contributed by atoms with van der Waals surface area (Å²) in [5.74, 6) is 1.83. The van der Waals surface area contributed by atoms with Crippen molar-refractivity contribution in [2.24, 2.45) is 0 Å². The largest absolute Gasteiger partial charge is 0.483 e. The number of likely N-dealkylation sites (N-methyl/N-ethyl adjacent to an activating group) is 1. The van der Waals surface area contributed by atoms with Crippen LogP contribution in [0.15, 0.2) is 12.4 Å². The maximum absolute atomic E-state index is 8.36. The Kier molecular flexibility index (Phi) is 6.81. The number of aromatic amines is 1. The van der Waals surface area contributed by atoms with E-state index in [0.717, 1.165) is 56.1 Å². The minimum absolute atomic E-state index is 0.250. The average Bonchev–Trinajstić information content (AvgIpc) is 3.25. The number of imidazole rings is 2. The van der Waals surface area contributed by atoms with Crippen molar-refractivity contribution in [2.45, 2.75) is 38.6 Å². The summed E-state index contributed by atoms with van der Waals surface area (Å²) in [6.07, 6.45) is 8.22. The molecule has 2 N–H and O–H groups in total. The number of hydrogen-bond acceptors (Lipinski definition) is 4. The highest BCUT2D eigenvalue weighted by atomic mass is 35.5. The minimum atomic E-state index is -0.250. The van der Waals surface area contributed by atoms with Gasteiger partial charge in [-0.1, -0.05) is 24.9 Å². The zero-order chi connectivity index (χ0) is 17.5. The first kappa shape index (κ1) is 18.5. The molecule has 3 rings (SSSR count). The molecule has 1 saturated heterocycles. The van der Waals surface area contributed by atoms with E-state index in [0.29, 0.717) is 11.2 Å². The average molecular weight is 354 g/mol. The minimum Gasteiger partial charge on any atom is -0.483 e. The number of rotatable bonds is 5. The summed E-state index contributed by atoms with van der Waals surface area (Å²) in [5, 5.41) is 7.49. The van der Waals surface area contributed by atoms with Crippen LogP contribution in [0.5, 0.6) is 0 Å². The second-order valence-electron chi connectivity index (χ2n) is 5.92. The first-order chi connectivity index (χ1) is 11.6. The van der Waals surface area contributed by atoms with Gasteiger partial charge in [-0.3, -0.25) is 4.79 Å². The lowest BCUT2D eigenvalue weighted by Gasteiger charge is -2.14. The Morgan fingerprint density at radius 3 is 2.92 bits per heavy atom. The quantitative estimate of drug-likeness (QED) is 0.807. The molecule has 132 valence electrons. The maximum atomic E-state index is 8.36. The second kappa shape index (κ2) is 8.84. The van der Waals surface area contributed by atoms with E-state index in [9.17, 15) is 0 Å². The van der Waals surface area contributed by atoms with Gasteiger partial charge in [-0.15, -0.1) is 0 Å². The van der Waals surface area contributed by atoms with Crippen LogP contribution in [0.25, 0.3) is 11.5 Å². The molecule has 1 unspecified atom stereocenters. The van der Waals surface area contributed by atoms with E-state index in [2.05, 4.69) is 38.4 Å². The van der Waals surface area contributed by atoms with Crippen LogP contribution in [0.2, 0.25) is 5.15 Å². The number of unbranched alkanes of at least 4 members (excludes halogenated alkanes) is 1. The van der Waals surface area contributed by atoms with Crippen LogP contribution in [0, 0.1) is 0 Å². The van der Waals surface area contributed by atoms with E-state index in [1.165, 1.54) is 0 Å². The summed E-state index contributed by atoms with van der Waals surface area (Å²) in [6.45, 7) is 4.10. The molecule has 3 heterocycles. The molecule has 0 spiro atoms. The normalized spacial score (nSPS) is 17.5. The zero-order valence-electron chi connectivity index (χ0n) is 14.1. The number of hydrogen-bond donors (Lipinski definition) is 2. The zero-order valence-corrected chi connectivity index (χ0v) is 14.8. The van der Waals surface area contributed by atoms with Gasteiger partial charge in [-0.05, 0) is 26.4 Å². The summed E-state index contributed by atoms with van der Waals surface area (Å²) in [6, 6.07) is 0.458. The van der Waals surface area contributed by atoms with Crippen LogP contribution in [-0.4, -0.2) is 56.1 Å². The maximum Gasteiger partial charge on any atom is 0.290 e. The van der Waals surface area contributed by atoms with Crippen molar-refractivity contribution < 1.29 is 9.90 Å². The predicted octanol–water partition coefficient (Wildman–Crippen LogP) is 2.85. The van der Waals surface area contributed by atoms with Gasteiger partial charge < -0.3 is 19.6 Å². The highest BCUT2D eigenvalue weighted by Gasteiger charge is 2.25. The molecule has 24 heavy (non-hydrogen) atoms. The third-order valence-electron chi connectivity index (χ3n) is 4.12. The molecule has 2 aromatic heterocycles. The Morgan fingerprint density at radius 2 is 2.29 bits per heavy atom. The van der Waals surface area contributed by atoms with E-state index < -0.39 is 0 Å². The monoisotopic (exact) mass is 353 g/mol. The van der Waals surface area contributed by atoms with Crippen molar-refractivity contribution >= 4 is 18.1 Å². The molecule has 0 saturated carbocycles. The molecule has 0 radical (unpaired) electrons. The number of aromatic nitrogens is 4. The van der Waals surface area contributed by atoms with Crippen molar-refractivity contribution in [2.75, 3.05) is 20.1 Å². The van der Waals surface area contributed by atoms with Crippen LogP contribution in [0.3, 0.4) is 0 Å². The Hall–Kier alpha value is -1.86. The third kappa shape index (κ3) is 4.36. The standard InChI is InChI=1S/C15H22ClN5.CH2O2/c1-3-4-5-12-18-13(14(16)19-12)15-17-7-9-21(15)11-6-8-20(2)10-11;2-1-3/h7,9,11H,3-6,8,10H2,1-2H3,(H,18,19);1H,(H,2,3). The molecular formula is C16H24ClN5O2. The lowest BCUT2D eigenvalue weighted by molar-refractivity contribution is -0.122. The van der Waals surface area contributed by atoms with E-state index in [-0.39, 0.29) is 6.47 Å². The second-order valence-corrected chi connectivity index (χ2v) is 6.30. The summed E-state index contributed by atoms with van der Waals surface area (Å²) < 4.78 is 2.22. The van der Waals surface area contributed by atoms with Gasteiger partial charge in [0.25, 0.3) is 6.47 Å². The van der Waals surface area contributed by atoms with Crippen molar-refractivity contribution in [3.8, 4) is 11.5 Å². The molecule has 0 amide bonds. The van der Waals surface area contributed by atoms with Gasteiger partial charge in [-0.2, -0.15) is 0 Å². The number of halogens is 1.